The molecule has 0 aromatic heterocycles. The van der Waals surface area contributed by atoms with Crippen LogP contribution in [0, 0.1) is 0 Å². The molecular weight excluding hydrogens is 314 g/mol. The zero-order valence-electron chi connectivity index (χ0n) is 12.7. The molecule has 6 nitrogen and oxygen atoms in total. The first-order chi connectivity index (χ1) is 10.5. The molecule has 0 fully saturated rings. The summed E-state index contributed by atoms with van der Waals surface area (Å²) < 4.78 is 37.1. The molecule has 1 aromatic rings. The molecule has 0 bridgehead atoms. The maximum Gasteiger partial charge on any atom is 0.350 e. The fourth-order valence-electron chi connectivity index (χ4n) is 1.74. The second-order valence-corrected chi connectivity index (χ2v) is 5.21. The molecular formula is C15H15F2O6-. The van der Waals surface area contributed by atoms with Gasteiger partial charge in [-0.2, -0.15) is 8.78 Å². The van der Waals surface area contributed by atoms with Crippen LogP contribution in [0.4, 0.5) is 8.78 Å². The number of carbonyl (C=O) groups excluding carboxylic acids is 3. The average molecular weight is 329 g/mol. The number of esters is 2. The van der Waals surface area contributed by atoms with Crippen LogP contribution in [0.2, 0.25) is 0 Å². The van der Waals surface area contributed by atoms with Crippen molar-refractivity contribution in [3.05, 3.63) is 35.9 Å². The molecule has 1 rings (SSSR count). The molecule has 1 unspecified atom stereocenters. The molecule has 0 aliphatic carbocycles. The van der Waals surface area contributed by atoms with Crippen molar-refractivity contribution < 1.29 is 37.7 Å². The normalized spacial score (nSPS) is 13.1. The predicted molar refractivity (Wildman–Crippen MR) is 71.1 cm³/mol. The van der Waals surface area contributed by atoms with Crippen LogP contribution in [0.25, 0.3) is 0 Å². The van der Waals surface area contributed by atoms with E-state index in [-0.39, 0.29) is 5.56 Å². The molecule has 8 heteroatoms. The summed E-state index contributed by atoms with van der Waals surface area (Å²) in [6.45, 7) is 3.30. The highest BCUT2D eigenvalue weighted by atomic mass is 19.3. The fourth-order valence-corrected chi connectivity index (χ4v) is 1.74. The molecule has 1 aromatic carbocycles. The standard InChI is InChI=1S/C15H16F2O6/c1-9(18)23-14(2,3)13(21)22-11(15(16,17)12(19)20)10-7-5-4-6-8-10/h4-8,11H,1-3H3,(H,19,20)/p-1. The molecule has 23 heavy (non-hydrogen) atoms. The zero-order chi connectivity index (χ0) is 17.8. The van der Waals surface area contributed by atoms with Gasteiger partial charge in [-0.25, -0.2) is 4.79 Å². The van der Waals surface area contributed by atoms with E-state index in [1.165, 1.54) is 30.3 Å². The Kier molecular flexibility index (Phi) is 5.42. The van der Waals surface area contributed by atoms with E-state index < -0.39 is 35.5 Å². The van der Waals surface area contributed by atoms with Gasteiger partial charge in [-0.3, -0.25) is 4.79 Å². The van der Waals surface area contributed by atoms with Gasteiger partial charge in [-0.05, 0) is 19.4 Å². The van der Waals surface area contributed by atoms with Crippen LogP contribution < -0.4 is 5.11 Å². The molecule has 0 aliphatic heterocycles. The van der Waals surface area contributed by atoms with Crippen LogP contribution in [0.3, 0.4) is 0 Å². The Balaban J connectivity index is 3.15. The van der Waals surface area contributed by atoms with Crippen molar-refractivity contribution in [2.45, 2.75) is 38.4 Å². The maximum atomic E-state index is 13.9. The molecule has 0 aliphatic rings. The molecule has 126 valence electrons. The van der Waals surface area contributed by atoms with E-state index in [2.05, 4.69) is 9.47 Å². The van der Waals surface area contributed by atoms with Crippen molar-refractivity contribution in [2.24, 2.45) is 0 Å². The summed E-state index contributed by atoms with van der Waals surface area (Å²) in [5.41, 5.74) is -2.10. The first-order valence-corrected chi connectivity index (χ1v) is 6.53. The summed E-state index contributed by atoms with van der Waals surface area (Å²) in [7, 11) is 0. The summed E-state index contributed by atoms with van der Waals surface area (Å²) in [5.74, 6) is -9.30. The van der Waals surface area contributed by atoms with Crippen LogP contribution in [0.5, 0.6) is 0 Å². The summed E-state index contributed by atoms with van der Waals surface area (Å²) in [6, 6.07) is 6.61. The number of aliphatic carboxylic acids is 1. The highest BCUT2D eigenvalue weighted by Gasteiger charge is 2.47. The summed E-state index contributed by atoms with van der Waals surface area (Å²) >= 11 is 0. The Morgan fingerprint density at radius 3 is 2.09 bits per heavy atom. The largest absolute Gasteiger partial charge is 0.544 e. The van der Waals surface area contributed by atoms with Gasteiger partial charge < -0.3 is 19.4 Å². The molecule has 0 saturated carbocycles. The van der Waals surface area contributed by atoms with Crippen LogP contribution in [0.1, 0.15) is 32.4 Å². The average Bonchev–Trinajstić information content (AvgIpc) is 2.43. The van der Waals surface area contributed by atoms with Crippen LogP contribution in [0.15, 0.2) is 30.3 Å². The van der Waals surface area contributed by atoms with Crippen molar-refractivity contribution >= 4 is 17.9 Å². The topological polar surface area (TPSA) is 92.7 Å². The Morgan fingerprint density at radius 2 is 1.65 bits per heavy atom. The SMILES string of the molecule is CC(=O)OC(C)(C)C(=O)OC(c1ccccc1)C(F)(F)C(=O)[O-]. The lowest BCUT2D eigenvalue weighted by atomic mass is 10.0. The summed E-state index contributed by atoms with van der Waals surface area (Å²) in [5, 5.41) is 10.7. The smallest absolute Gasteiger partial charge is 0.350 e. The van der Waals surface area contributed by atoms with Crippen molar-refractivity contribution in [2.75, 3.05) is 0 Å². The van der Waals surface area contributed by atoms with E-state index in [1.807, 2.05) is 0 Å². The number of carboxylic acids is 1. The van der Waals surface area contributed by atoms with Gasteiger partial charge in [0, 0.05) is 6.92 Å². The number of alkyl halides is 2. The van der Waals surface area contributed by atoms with Crippen LogP contribution >= 0.6 is 0 Å². The third kappa shape index (κ3) is 4.48. The second kappa shape index (κ2) is 6.72. The van der Waals surface area contributed by atoms with Gasteiger partial charge in [0.15, 0.2) is 6.10 Å². The van der Waals surface area contributed by atoms with Crippen molar-refractivity contribution in [1.82, 2.24) is 0 Å². The fraction of sp³-hybridized carbons (Fsp3) is 0.400. The molecule has 0 heterocycles. The number of rotatable bonds is 6. The van der Waals surface area contributed by atoms with E-state index in [1.54, 1.807) is 0 Å². The van der Waals surface area contributed by atoms with E-state index >= 15 is 0 Å². The maximum absolute atomic E-state index is 13.9. The predicted octanol–water partition coefficient (Wildman–Crippen LogP) is 0.998. The quantitative estimate of drug-likeness (QED) is 0.723. The number of hydrogen-bond acceptors (Lipinski definition) is 6. The zero-order valence-corrected chi connectivity index (χ0v) is 12.7. The minimum atomic E-state index is -4.47. The van der Waals surface area contributed by atoms with Gasteiger partial charge in [0.25, 0.3) is 0 Å². The van der Waals surface area contributed by atoms with Gasteiger partial charge in [0.05, 0.1) is 0 Å². The Morgan fingerprint density at radius 1 is 1.13 bits per heavy atom. The Hall–Kier alpha value is -2.51. The second-order valence-electron chi connectivity index (χ2n) is 5.21. The first-order valence-electron chi connectivity index (χ1n) is 6.53. The van der Waals surface area contributed by atoms with Gasteiger partial charge >= 0.3 is 17.9 Å². The van der Waals surface area contributed by atoms with Gasteiger partial charge in [-0.15, -0.1) is 0 Å². The summed E-state index contributed by atoms with van der Waals surface area (Å²) in [4.78, 5) is 33.7. The van der Waals surface area contributed by atoms with Crippen LogP contribution in [-0.2, 0) is 23.9 Å². The highest BCUT2D eigenvalue weighted by molar-refractivity contribution is 5.83. The Labute approximate surface area is 131 Å². The monoisotopic (exact) mass is 329 g/mol. The molecule has 0 N–H and O–H groups in total. The number of ether oxygens (including phenoxy) is 2. The highest BCUT2D eigenvalue weighted by Crippen LogP contribution is 2.35. The third-order valence-electron chi connectivity index (χ3n) is 2.82. The minimum absolute atomic E-state index is 0.242. The van der Waals surface area contributed by atoms with Gasteiger partial charge in [-0.1, -0.05) is 30.3 Å². The van der Waals surface area contributed by atoms with Gasteiger partial charge in [0.1, 0.15) is 5.97 Å². The molecule has 0 amide bonds. The molecule has 1 atom stereocenters. The molecule has 0 saturated heterocycles. The lowest BCUT2D eigenvalue weighted by Gasteiger charge is -2.31. The van der Waals surface area contributed by atoms with E-state index in [0.29, 0.717) is 0 Å². The number of carboxylic acid groups (broad SMARTS) is 1. The van der Waals surface area contributed by atoms with E-state index in [4.69, 9.17) is 0 Å². The number of carbonyl (C=O) groups is 3. The molecule has 0 spiro atoms. The van der Waals surface area contributed by atoms with E-state index in [0.717, 1.165) is 20.8 Å². The van der Waals surface area contributed by atoms with Crippen molar-refractivity contribution in [3.63, 3.8) is 0 Å². The molecule has 0 radical (unpaired) electrons. The van der Waals surface area contributed by atoms with E-state index in [9.17, 15) is 28.3 Å². The number of hydrogen-bond donors (Lipinski definition) is 0. The van der Waals surface area contributed by atoms with Crippen LogP contribution in [-0.4, -0.2) is 29.4 Å². The minimum Gasteiger partial charge on any atom is -0.544 e. The number of halogens is 2. The van der Waals surface area contributed by atoms with Crippen molar-refractivity contribution in [3.8, 4) is 0 Å². The third-order valence-corrected chi connectivity index (χ3v) is 2.82. The lowest BCUT2D eigenvalue weighted by Crippen LogP contribution is -2.49. The summed E-state index contributed by atoms with van der Waals surface area (Å²) in [6.07, 6.45) is -2.42. The van der Waals surface area contributed by atoms with Crippen molar-refractivity contribution in [1.29, 1.82) is 0 Å². The Bertz CT molecular complexity index is 597. The number of benzene rings is 1. The first kappa shape index (κ1) is 18.5. The van der Waals surface area contributed by atoms with Gasteiger partial charge in [0.2, 0.25) is 5.60 Å². The lowest BCUT2D eigenvalue weighted by molar-refractivity contribution is -0.337.